The fraction of sp³-hybridized carbons (Fsp3) is 0.389. The molecule has 1 saturated heterocycles. The molecular weight excluding hydrogens is 588 g/mol. The second-order valence-corrected chi connectivity index (χ2v) is 12.1. The van der Waals surface area contributed by atoms with Crippen LogP contribution in [-0.2, 0) is 14.3 Å². The molecule has 3 atom stereocenters. The number of aryl methyl sites for hydroxylation is 2. The molecule has 0 amide bonds. The lowest BCUT2D eigenvalue weighted by Gasteiger charge is -2.32. The van der Waals surface area contributed by atoms with Gasteiger partial charge in [-0.05, 0) is 69.2 Å². The molecular formula is C36H44N2O8. The molecule has 5 N–H and O–H groups in total. The summed E-state index contributed by atoms with van der Waals surface area (Å²) in [4.78, 5) is 51.2. The van der Waals surface area contributed by atoms with E-state index in [9.17, 15) is 29.4 Å². The van der Waals surface area contributed by atoms with Crippen LogP contribution in [0.3, 0.4) is 0 Å². The number of carboxylic acids is 2. The topological polar surface area (TPSA) is 167 Å². The number of ether oxygens (including phenoxy) is 1. The predicted molar refractivity (Wildman–Crippen MR) is 175 cm³/mol. The van der Waals surface area contributed by atoms with E-state index in [2.05, 4.69) is 43.0 Å². The second-order valence-electron chi connectivity index (χ2n) is 12.1. The number of anilines is 1. The molecule has 0 bridgehead atoms. The first-order chi connectivity index (χ1) is 21.8. The van der Waals surface area contributed by atoms with Crippen molar-refractivity contribution in [2.45, 2.75) is 71.1 Å². The van der Waals surface area contributed by atoms with E-state index in [-0.39, 0.29) is 17.2 Å². The highest BCUT2D eigenvalue weighted by Gasteiger charge is 2.59. The van der Waals surface area contributed by atoms with Crippen LogP contribution in [0, 0.1) is 19.8 Å². The molecule has 4 rings (SSSR count). The summed E-state index contributed by atoms with van der Waals surface area (Å²) in [6.45, 7) is 10.3. The van der Waals surface area contributed by atoms with Gasteiger partial charge in [-0.1, -0.05) is 79.6 Å². The Bertz CT molecular complexity index is 1500. The van der Waals surface area contributed by atoms with E-state index in [4.69, 9.17) is 15.6 Å². The van der Waals surface area contributed by atoms with Gasteiger partial charge in [0, 0.05) is 30.4 Å². The number of esters is 1. The average Bonchev–Trinajstić information content (AvgIpc) is 3.03. The molecule has 0 aromatic heterocycles. The van der Waals surface area contributed by atoms with Crippen LogP contribution in [0.2, 0.25) is 0 Å². The number of carboxylic acid groups (broad SMARTS) is 2. The maximum absolute atomic E-state index is 12.9. The van der Waals surface area contributed by atoms with Crippen molar-refractivity contribution in [3.05, 3.63) is 101 Å². The van der Waals surface area contributed by atoms with Gasteiger partial charge in [-0.25, -0.2) is 14.4 Å². The molecule has 246 valence electrons. The van der Waals surface area contributed by atoms with Crippen LogP contribution in [0.15, 0.2) is 72.8 Å². The number of piperidine rings is 1. The minimum absolute atomic E-state index is 0.106. The fourth-order valence-electron chi connectivity index (χ4n) is 5.33. The van der Waals surface area contributed by atoms with Crippen molar-refractivity contribution < 1.29 is 39.2 Å². The van der Waals surface area contributed by atoms with Gasteiger partial charge in [-0.15, -0.1) is 0 Å². The van der Waals surface area contributed by atoms with E-state index in [0.717, 1.165) is 17.5 Å². The summed E-state index contributed by atoms with van der Waals surface area (Å²) in [7, 11) is 0. The monoisotopic (exact) mass is 632 g/mol. The van der Waals surface area contributed by atoms with Gasteiger partial charge in [0.1, 0.15) is 0 Å². The van der Waals surface area contributed by atoms with E-state index in [1.165, 1.54) is 80.0 Å². The maximum atomic E-state index is 12.9. The van der Waals surface area contributed by atoms with Crippen LogP contribution >= 0.6 is 0 Å². The summed E-state index contributed by atoms with van der Waals surface area (Å²) >= 11 is 0. The predicted octanol–water partition coefficient (Wildman–Crippen LogP) is 5.33. The Balaban J connectivity index is 0.000000275. The van der Waals surface area contributed by atoms with Crippen LogP contribution in [0.25, 0.3) is 0 Å². The molecule has 1 heterocycles. The van der Waals surface area contributed by atoms with Crippen molar-refractivity contribution in [2.75, 3.05) is 18.0 Å². The lowest BCUT2D eigenvalue weighted by atomic mass is 9.86. The zero-order chi connectivity index (χ0) is 34.0. The Hall–Kier alpha value is -4.54. The van der Waals surface area contributed by atoms with E-state index >= 15 is 0 Å². The lowest BCUT2D eigenvalue weighted by molar-refractivity contribution is -0.176. The summed E-state index contributed by atoms with van der Waals surface area (Å²) in [5.41, 5.74) is 6.94. The Morgan fingerprint density at radius 2 is 1.35 bits per heavy atom. The van der Waals surface area contributed by atoms with Crippen molar-refractivity contribution in [3.8, 4) is 0 Å². The lowest BCUT2D eigenvalue weighted by Crippen LogP contribution is -2.61. The normalized spacial score (nSPS) is 15.5. The number of aliphatic hydroxyl groups excluding tert-OH is 1. The van der Waals surface area contributed by atoms with Crippen molar-refractivity contribution in [1.29, 1.82) is 0 Å². The van der Waals surface area contributed by atoms with Gasteiger partial charge in [0.15, 0.2) is 0 Å². The Morgan fingerprint density at radius 3 is 1.85 bits per heavy atom. The Morgan fingerprint density at radius 1 is 0.826 bits per heavy atom. The first-order valence-electron chi connectivity index (χ1n) is 15.4. The molecule has 0 aliphatic carbocycles. The van der Waals surface area contributed by atoms with Crippen molar-refractivity contribution in [2.24, 2.45) is 11.7 Å². The number of benzene rings is 3. The smallest absolute Gasteiger partial charge is 0.360 e. The highest BCUT2D eigenvalue weighted by molar-refractivity contribution is 6.19. The third-order valence-electron chi connectivity index (χ3n) is 7.89. The summed E-state index contributed by atoms with van der Waals surface area (Å²) < 4.78 is 4.88. The SMILES string of the molecule is CC(C)C[C@H](N)c1ccccc1N1CCCCC1.Cc1ccc(C(=O)O[C@@](C(=O)O)(C(=O)c2ccc(C)cc2)[C@H](O)C(=O)O)cc1. The van der Waals surface area contributed by atoms with Gasteiger partial charge < -0.3 is 30.7 Å². The molecule has 10 heteroatoms. The number of hydrogen-bond donors (Lipinski definition) is 4. The summed E-state index contributed by atoms with van der Waals surface area (Å²) in [5, 5.41) is 28.9. The number of carbonyl (C=O) groups is 4. The van der Waals surface area contributed by atoms with Gasteiger partial charge in [0.2, 0.25) is 11.9 Å². The number of carbonyl (C=O) groups excluding carboxylic acids is 2. The standard InChI is InChI=1S/C20H18O8.C16H26N2/c1-11-3-7-13(8-4-11)15(21)20(19(26)27,16(22)17(23)24)28-18(25)14-9-5-12(2)6-10-14;1-13(2)12-15(17)14-8-4-5-9-16(14)18-10-6-3-7-11-18/h3-10,16,22H,1-2H3,(H,23,24)(H,26,27);4-5,8-9,13,15H,3,6-7,10-12,17H2,1-2H3/t16-,20+;15-/m10/s1. The molecule has 1 aliphatic rings. The van der Waals surface area contributed by atoms with E-state index in [1.807, 2.05) is 0 Å². The molecule has 1 aliphatic heterocycles. The van der Waals surface area contributed by atoms with Crippen LogP contribution in [0.4, 0.5) is 5.69 Å². The maximum Gasteiger partial charge on any atom is 0.360 e. The molecule has 3 aromatic carbocycles. The largest absolute Gasteiger partial charge is 0.479 e. The molecule has 46 heavy (non-hydrogen) atoms. The highest BCUT2D eigenvalue weighted by Crippen LogP contribution is 2.30. The first-order valence-corrected chi connectivity index (χ1v) is 15.4. The van der Waals surface area contributed by atoms with Gasteiger partial charge in [0.25, 0.3) is 0 Å². The van der Waals surface area contributed by atoms with E-state index < -0.39 is 35.4 Å². The number of Topliss-reactive ketones (excluding diaryl/α,β-unsaturated/α-hetero) is 1. The zero-order valence-electron chi connectivity index (χ0n) is 26.8. The van der Waals surface area contributed by atoms with Crippen LogP contribution in [0.1, 0.15) is 83.0 Å². The zero-order valence-corrected chi connectivity index (χ0v) is 26.8. The van der Waals surface area contributed by atoms with E-state index in [0.29, 0.717) is 5.92 Å². The number of aliphatic hydroxyl groups is 1. The van der Waals surface area contributed by atoms with Gasteiger partial charge >= 0.3 is 23.5 Å². The first kappa shape index (κ1) is 35.9. The van der Waals surface area contributed by atoms with Gasteiger partial charge in [-0.2, -0.15) is 0 Å². The fourth-order valence-corrected chi connectivity index (χ4v) is 5.33. The number of hydrogen-bond acceptors (Lipinski definition) is 8. The van der Waals surface area contributed by atoms with Crippen molar-refractivity contribution >= 4 is 29.4 Å². The quantitative estimate of drug-likeness (QED) is 0.123. The Labute approximate surface area is 269 Å². The van der Waals surface area contributed by atoms with Gasteiger partial charge in [-0.3, -0.25) is 4.79 Å². The number of nitrogens with zero attached hydrogens (tertiary/aromatic N) is 1. The molecule has 0 radical (unpaired) electrons. The van der Waals surface area contributed by atoms with E-state index in [1.54, 1.807) is 26.0 Å². The molecule has 0 spiro atoms. The molecule has 0 unspecified atom stereocenters. The molecule has 10 nitrogen and oxygen atoms in total. The summed E-state index contributed by atoms with van der Waals surface area (Å²) in [5.74, 6) is -6.11. The number of nitrogens with two attached hydrogens (primary N) is 1. The number of rotatable bonds is 11. The van der Waals surface area contributed by atoms with Crippen LogP contribution in [-0.4, -0.2) is 63.8 Å². The van der Waals surface area contributed by atoms with Gasteiger partial charge in [0.05, 0.1) is 5.56 Å². The second kappa shape index (κ2) is 16.1. The highest BCUT2D eigenvalue weighted by atomic mass is 16.6. The average molecular weight is 633 g/mol. The molecule has 1 fully saturated rings. The number of ketones is 1. The molecule has 0 saturated carbocycles. The summed E-state index contributed by atoms with van der Waals surface area (Å²) in [6.07, 6.45) is 2.23. The number of para-hydroxylation sites is 1. The Kier molecular flexibility index (Phi) is 12.6. The van der Waals surface area contributed by atoms with Crippen molar-refractivity contribution in [3.63, 3.8) is 0 Å². The summed E-state index contributed by atoms with van der Waals surface area (Å²) in [6, 6.07) is 20.1. The third-order valence-corrected chi connectivity index (χ3v) is 7.89. The number of aliphatic carboxylic acids is 2. The third kappa shape index (κ3) is 8.80. The minimum atomic E-state index is -3.36. The van der Waals surface area contributed by atoms with Crippen molar-refractivity contribution in [1.82, 2.24) is 0 Å². The van der Waals surface area contributed by atoms with Crippen LogP contribution < -0.4 is 10.6 Å². The van der Waals surface area contributed by atoms with Crippen LogP contribution in [0.5, 0.6) is 0 Å². The minimum Gasteiger partial charge on any atom is -0.479 e. The molecule has 3 aromatic rings.